The van der Waals surface area contributed by atoms with Crippen LogP contribution in [-0.4, -0.2) is 23.0 Å². The molecule has 2 amide bonds. The van der Waals surface area contributed by atoms with E-state index in [1.54, 1.807) is 18.2 Å². The van der Waals surface area contributed by atoms with Crippen molar-refractivity contribution < 1.29 is 14.0 Å². The van der Waals surface area contributed by atoms with Gasteiger partial charge in [-0.2, -0.15) is 5.10 Å². The minimum absolute atomic E-state index is 0.145. The third kappa shape index (κ3) is 4.99. The van der Waals surface area contributed by atoms with Crippen molar-refractivity contribution in [2.45, 2.75) is 0 Å². The van der Waals surface area contributed by atoms with Crippen LogP contribution in [-0.2, 0) is 0 Å². The van der Waals surface area contributed by atoms with Crippen molar-refractivity contribution in [3.63, 3.8) is 0 Å². The topological polar surface area (TPSA) is 83.5 Å². The SMILES string of the molecule is O=C(Nc1ccc(Cl)cc1C(=O)NN=Cc1ccc(F)cc1)c1ccncc1. The first kappa shape index (κ1) is 19.2. The summed E-state index contributed by atoms with van der Waals surface area (Å²) in [4.78, 5) is 28.7. The van der Waals surface area contributed by atoms with Crippen LogP contribution in [0.1, 0.15) is 26.3 Å². The molecule has 6 nitrogen and oxygen atoms in total. The van der Waals surface area contributed by atoms with Gasteiger partial charge in [0.25, 0.3) is 11.8 Å². The summed E-state index contributed by atoms with van der Waals surface area (Å²) >= 11 is 5.98. The minimum atomic E-state index is -0.564. The Bertz CT molecular complexity index is 1020. The molecular formula is C20H14ClFN4O2. The molecule has 2 aromatic carbocycles. The van der Waals surface area contributed by atoms with E-state index < -0.39 is 11.8 Å². The van der Waals surface area contributed by atoms with Gasteiger partial charge in [0.2, 0.25) is 0 Å². The summed E-state index contributed by atoms with van der Waals surface area (Å²) in [5.41, 5.74) is 3.79. The van der Waals surface area contributed by atoms with Crippen LogP contribution in [0.5, 0.6) is 0 Å². The number of carbonyl (C=O) groups is 2. The first-order chi connectivity index (χ1) is 13.5. The molecule has 0 saturated heterocycles. The average Bonchev–Trinajstić information content (AvgIpc) is 2.71. The van der Waals surface area contributed by atoms with Gasteiger partial charge in [-0.1, -0.05) is 23.7 Å². The van der Waals surface area contributed by atoms with Crippen LogP contribution in [0.4, 0.5) is 10.1 Å². The molecule has 0 radical (unpaired) electrons. The number of rotatable bonds is 5. The Morgan fingerprint density at radius 1 is 1.00 bits per heavy atom. The van der Waals surface area contributed by atoms with E-state index >= 15 is 0 Å². The highest BCUT2D eigenvalue weighted by Gasteiger charge is 2.15. The third-order valence-corrected chi connectivity index (χ3v) is 3.90. The fourth-order valence-corrected chi connectivity index (χ4v) is 2.46. The summed E-state index contributed by atoms with van der Waals surface area (Å²) < 4.78 is 12.9. The normalized spacial score (nSPS) is 10.6. The van der Waals surface area contributed by atoms with Crippen molar-refractivity contribution in [1.82, 2.24) is 10.4 Å². The van der Waals surface area contributed by atoms with Gasteiger partial charge in [0, 0.05) is 23.0 Å². The van der Waals surface area contributed by atoms with Gasteiger partial charge in [-0.25, -0.2) is 9.82 Å². The summed E-state index contributed by atoms with van der Waals surface area (Å²) in [6, 6.07) is 13.2. The molecule has 140 valence electrons. The Hall–Kier alpha value is -3.58. The first-order valence-corrected chi connectivity index (χ1v) is 8.50. The van der Waals surface area contributed by atoms with Crippen LogP contribution in [0, 0.1) is 5.82 Å². The van der Waals surface area contributed by atoms with Crippen molar-refractivity contribution in [1.29, 1.82) is 0 Å². The highest BCUT2D eigenvalue weighted by atomic mass is 35.5. The Labute approximate surface area is 165 Å². The lowest BCUT2D eigenvalue weighted by Gasteiger charge is -2.10. The molecule has 8 heteroatoms. The van der Waals surface area contributed by atoms with Crippen molar-refractivity contribution in [3.05, 3.63) is 94.5 Å². The number of halogens is 2. The number of hydrazone groups is 1. The minimum Gasteiger partial charge on any atom is -0.321 e. The van der Waals surface area contributed by atoms with Gasteiger partial charge in [0.15, 0.2) is 0 Å². The molecule has 0 aliphatic heterocycles. The Balaban J connectivity index is 1.75. The fraction of sp³-hybridized carbons (Fsp3) is 0. The van der Waals surface area contributed by atoms with E-state index in [4.69, 9.17) is 11.6 Å². The molecule has 0 saturated carbocycles. The van der Waals surface area contributed by atoms with Gasteiger partial charge in [-0.3, -0.25) is 14.6 Å². The zero-order chi connectivity index (χ0) is 19.9. The van der Waals surface area contributed by atoms with Crippen LogP contribution in [0.15, 0.2) is 72.1 Å². The van der Waals surface area contributed by atoms with Crippen molar-refractivity contribution >= 4 is 35.3 Å². The van der Waals surface area contributed by atoms with Gasteiger partial charge in [0.05, 0.1) is 17.5 Å². The number of benzene rings is 2. The van der Waals surface area contributed by atoms with Gasteiger partial charge < -0.3 is 5.32 Å². The van der Waals surface area contributed by atoms with Crippen LogP contribution >= 0.6 is 11.6 Å². The van der Waals surface area contributed by atoms with Crippen molar-refractivity contribution in [2.24, 2.45) is 5.10 Å². The van der Waals surface area contributed by atoms with Gasteiger partial charge >= 0.3 is 0 Å². The van der Waals surface area contributed by atoms with Crippen molar-refractivity contribution in [3.8, 4) is 0 Å². The molecule has 0 fully saturated rings. The molecule has 0 unspecified atom stereocenters. The van der Waals surface area contributed by atoms with Crippen LogP contribution < -0.4 is 10.7 Å². The molecule has 0 aliphatic carbocycles. The lowest BCUT2D eigenvalue weighted by molar-refractivity contribution is 0.0956. The van der Waals surface area contributed by atoms with Gasteiger partial charge in [0.1, 0.15) is 5.82 Å². The van der Waals surface area contributed by atoms with E-state index in [-0.39, 0.29) is 17.1 Å². The molecule has 1 heterocycles. The predicted molar refractivity (Wildman–Crippen MR) is 105 cm³/mol. The number of nitrogens with zero attached hydrogens (tertiary/aromatic N) is 2. The standard InChI is InChI=1S/C20H14ClFN4O2/c21-15-3-6-18(25-19(27)14-7-9-23-10-8-14)17(11-15)20(28)26-24-12-13-1-4-16(22)5-2-13/h1-12H,(H,25,27)(H,26,28). The number of pyridine rings is 1. The second kappa shape index (κ2) is 8.88. The lowest BCUT2D eigenvalue weighted by atomic mass is 10.1. The number of carbonyl (C=O) groups excluding carboxylic acids is 2. The molecule has 1 aromatic heterocycles. The molecule has 3 rings (SSSR count). The fourth-order valence-electron chi connectivity index (χ4n) is 2.29. The molecule has 2 N–H and O–H groups in total. The summed E-state index contributed by atoms with van der Waals surface area (Å²) in [6.07, 6.45) is 4.36. The van der Waals surface area contributed by atoms with E-state index in [0.29, 0.717) is 16.1 Å². The monoisotopic (exact) mass is 396 g/mol. The maximum atomic E-state index is 12.9. The number of aromatic nitrogens is 1. The summed E-state index contributed by atoms with van der Waals surface area (Å²) in [7, 11) is 0. The second-order valence-electron chi connectivity index (χ2n) is 5.63. The molecule has 3 aromatic rings. The second-order valence-corrected chi connectivity index (χ2v) is 6.07. The summed E-state index contributed by atoms with van der Waals surface area (Å²) in [5.74, 6) is -1.32. The van der Waals surface area contributed by atoms with E-state index in [9.17, 15) is 14.0 Å². The summed E-state index contributed by atoms with van der Waals surface area (Å²) in [5, 5.41) is 6.84. The van der Waals surface area contributed by atoms with Crippen LogP contribution in [0.3, 0.4) is 0 Å². The quantitative estimate of drug-likeness (QED) is 0.507. The zero-order valence-corrected chi connectivity index (χ0v) is 15.2. The maximum absolute atomic E-state index is 12.9. The average molecular weight is 397 g/mol. The van der Waals surface area contributed by atoms with Crippen LogP contribution in [0.2, 0.25) is 5.02 Å². The highest BCUT2D eigenvalue weighted by molar-refractivity contribution is 6.31. The Morgan fingerprint density at radius 2 is 1.71 bits per heavy atom. The number of hydrogen-bond acceptors (Lipinski definition) is 4. The largest absolute Gasteiger partial charge is 0.321 e. The van der Waals surface area contributed by atoms with E-state index in [2.05, 4.69) is 20.8 Å². The number of hydrogen-bond donors (Lipinski definition) is 2. The number of amides is 2. The van der Waals surface area contributed by atoms with E-state index in [1.807, 2.05) is 0 Å². The third-order valence-electron chi connectivity index (χ3n) is 3.67. The summed E-state index contributed by atoms with van der Waals surface area (Å²) in [6.45, 7) is 0. The van der Waals surface area contributed by atoms with Crippen LogP contribution in [0.25, 0.3) is 0 Å². The Kier molecular flexibility index (Phi) is 6.08. The smallest absolute Gasteiger partial charge is 0.273 e. The molecule has 0 atom stereocenters. The molecule has 0 bridgehead atoms. The number of nitrogens with one attached hydrogen (secondary N) is 2. The molecule has 28 heavy (non-hydrogen) atoms. The lowest BCUT2D eigenvalue weighted by Crippen LogP contribution is -2.21. The first-order valence-electron chi connectivity index (χ1n) is 8.13. The maximum Gasteiger partial charge on any atom is 0.273 e. The van der Waals surface area contributed by atoms with Gasteiger partial charge in [-0.05, 0) is 48.0 Å². The molecule has 0 aliphatic rings. The van der Waals surface area contributed by atoms with E-state index in [0.717, 1.165) is 0 Å². The predicted octanol–water partition coefficient (Wildman–Crippen LogP) is 3.89. The number of anilines is 1. The molecular weight excluding hydrogens is 383 g/mol. The highest BCUT2D eigenvalue weighted by Crippen LogP contribution is 2.21. The van der Waals surface area contributed by atoms with E-state index in [1.165, 1.54) is 55.0 Å². The molecule has 0 spiro atoms. The van der Waals surface area contributed by atoms with Crippen molar-refractivity contribution in [2.75, 3.05) is 5.32 Å². The zero-order valence-electron chi connectivity index (χ0n) is 14.4. The van der Waals surface area contributed by atoms with Gasteiger partial charge in [-0.15, -0.1) is 0 Å². The Morgan fingerprint density at radius 3 is 2.43 bits per heavy atom.